The molecule has 4 nitrogen and oxygen atoms in total. The van der Waals surface area contributed by atoms with Crippen LogP contribution in [0.15, 0.2) is 46.9 Å². The van der Waals surface area contributed by atoms with Crippen LogP contribution >= 0.6 is 15.9 Å². The van der Waals surface area contributed by atoms with Crippen molar-refractivity contribution in [2.24, 2.45) is 0 Å². The zero-order chi connectivity index (χ0) is 16.8. The molecule has 0 bridgehead atoms. The molecule has 5 heteroatoms. The zero-order valence-corrected chi connectivity index (χ0v) is 14.8. The van der Waals surface area contributed by atoms with Crippen LogP contribution in [0.25, 0.3) is 6.08 Å². The van der Waals surface area contributed by atoms with Gasteiger partial charge in [0.05, 0.1) is 14.2 Å². The Morgan fingerprint density at radius 3 is 2.61 bits per heavy atom. The van der Waals surface area contributed by atoms with Gasteiger partial charge in [-0.1, -0.05) is 28.1 Å². The molecule has 2 aromatic carbocycles. The van der Waals surface area contributed by atoms with E-state index in [-0.39, 0.29) is 5.91 Å². The highest BCUT2D eigenvalue weighted by Crippen LogP contribution is 2.31. The highest BCUT2D eigenvalue weighted by atomic mass is 79.9. The van der Waals surface area contributed by atoms with Crippen LogP contribution in [-0.2, 0) is 4.79 Å². The molecule has 0 heterocycles. The van der Waals surface area contributed by atoms with E-state index in [4.69, 9.17) is 9.47 Å². The molecule has 1 amide bonds. The topological polar surface area (TPSA) is 47.6 Å². The number of benzene rings is 2. The van der Waals surface area contributed by atoms with Gasteiger partial charge in [-0.05, 0) is 42.8 Å². The summed E-state index contributed by atoms with van der Waals surface area (Å²) in [6, 6.07) is 11.2. The van der Waals surface area contributed by atoms with E-state index in [0.29, 0.717) is 11.5 Å². The van der Waals surface area contributed by atoms with Crippen LogP contribution in [0.1, 0.15) is 11.1 Å². The van der Waals surface area contributed by atoms with Crippen molar-refractivity contribution in [1.82, 2.24) is 0 Å². The van der Waals surface area contributed by atoms with E-state index in [9.17, 15) is 4.79 Å². The fourth-order valence-electron chi connectivity index (χ4n) is 2.12. The second kappa shape index (κ2) is 7.83. The van der Waals surface area contributed by atoms with Crippen molar-refractivity contribution in [3.05, 3.63) is 58.1 Å². The van der Waals surface area contributed by atoms with E-state index >= 15 is 0 Å². The molecule has 0 unspecified atom stereocenters. The van der Waals surface area contributed by atoms with Crippen LogP contribution < -0.4 is 14.8 Å². The number of hydrogen-bond acceptors (Lipinski definition) is 3. The molecule has 0 saturated carbocycles. The lowest BCUT2D eigenvalue weighted by Gasteiger charge is -2.10. The minimum Gasteiger partial charge on any atom is -0.493 e. The van der Waals surface area contributed by atoms with E-state index in [2.05, 4.69) is 21.2 Å². The first kappa shape index (κ1) is 17.1. The summed E-state index contributed by atoms with van der Waals surface area (Å²) < 4.78 is 11.6. The van der Waals surface area contributed by atoms with Crippen LogP contribution in [0.5, 0.6) is 11.5 Å². The number of methoxy groups -OCH3 is 2. The van der Waals surface area contributed by atoms with Crippen LogP contribution in [-0.4, -0.2) is 20.1 Å². The van der Waals surface area contributed by atoms with Crippen molar-refractivity contribution >= 4 is 33.6 Å². The molecule has 0 saturated heterocycles. The van der Waals surface area contributed by atoms with E-state index in [1.165, 1.54) is 6.08 Å². The molecule has 1 N–H and O–H groups in total. The standard InChI is InChI=1S/C18H18BrNO3/c1-12-11-14(8-9-15(12)19)20-17(21)10-7-13-5-4-6-16(22-2)18(13)23-3/h4-11H,1-3H3,(H,20,21). The third kappa shape index (κ3) is 4.36. The van der Waals surface area contributed by atoms with Gasteiger partial charge < -0.3 is 14.8 Å². The number of para-hydroxylation sites is 1. The van der Waals surface area contributed by atoms with Crippen molar-refractivity contribution in [1.29, 1.82) is 0 Å². The Balaban J connectivity index is 2.13. The number of hydrogen-bond donors (Lipinski definition) is 1. The van der Waals surface area contributed by atoms with E-state index in [1.54, 1.807) is 26.4 Å². The number of anilines is 1. The molecule has 0 atom stereocenters. The number of rotatable bonds is 5. The Labute approximate surface area is 144 Å². The van der Waals surface area contributed by atoms with Crippen molar-refractivity contribution in [3.8, 4) is 11.5 Å². The first-order valence-corrected chi connectivity index (χ1v) is 7.80. The fourth-order valence-corrected chi connectivity index (χ4v) is 2.36. The van der Waals surface area contributed by atoms with Gasteiger partial charge in [0.15, 0.2) is 11.5 Å². The zero-order valence-electron chi connectivity index (χ0n) is 13.2. The minimum atomic E-state index is -0.211. The number of aryl methyl sites for hydroxylation is 1. The Kier molecular flexibility index (Phi) is 5.82. The highest BCUT2D eigenvalue weighted by Gasteiger charge is 2.07. The first-order valence-electron chi connectivity index (χ1n) is 7.01. The number of amides is 1. The number of nitrogens with one attached hydrogen (secondary N) is 1. The van der Waals surface area contributed by atoms with Crippen LogP contribution in [0.4, 0.5) is 5.69 Å². The average Bonchev–Trinajstić information content (AvgIpc) is 2.55. The second-order valence-corrected chi connectivity index (χ2v) is 5.72. The molecule has 0 fully saturated rings. The lowest BCUT2D eigenvalue weighted by atomic mass is 10.1. The molecule has 0 aliphatic carbocycles. The van der Waals surface area contributed by atoms with Crippen LogP contribution in [0, 0.1) is 6.92 Å². The molecule has 0 radical (unpaired) electrons. The van der Waals surface area contributed by atoms with Gasteiger partial charge in [-0.3, -0.25) is 4.79 Å². The smallest absolute Gasteiger partial charge is 0.248 e. The first-order chi connectivity index (χ1) is 11.0. The molecular formula is C18H18BrNO3. The summed E-state index contributed by atoms with van der Waals surface area (Å²) in [5.41, 5.74) is 2.58. The molecule has 23 heavy (non-hydrogen) atoms. The molecule has 2 aromatic rings. The average molecular weight is 376 g/mol. The lowest BCUT2D eigenvalue weighted by molar-refractivity contribution is -0.111. The van der Waals surface area contributed by atoms with Gasteiger partial charge in [0.1, 0.15) is 0 Å². The normalized spacial score (nSPS) is 10.6. The van der Waals surface area contributed by atoms with E-state index < -0.39 is 0 Å². The predicted octanol–water partition coefficient (Wildman–Crippen LogP) is 4.43. The number of halogens is 1. The summed E-state index contributed by atoms with van der Waals surface area (Å²) >= 11 is 3.43. The van der Waals surface area contributed by atoms with Crippen molar-refractivity contribution in [2.45, 2.75) is 6.92 Å². The molecule has 2 rings (SSSR count). The van der Waals surface area contributed by atoms with Gasteiger partial charge in [-0.2, -0.15) is 0 Å². The third-order valence-corrected chi connectivity index (χ3v) is 4.16. The summed E-state index contributed by atoms with van der Waals surface area (Å²) in [5.74, 6) is 1.01. The summed E-state index contributed by atoms with van der Waals surface area (Å²) in [6.45, 7) is 1.97. The minimum absolute atomic E-state index is 0.211. The predicted molar refractivity (Wildman–Crippen MR) is 96.1 cm³/mol. The SMILES string of the molecule is COc1cccc(C=CC(=O)Nc2ccc(Br)c(C)c2)c1OC. The maximum absolute atomic E-state index is 12.1. The molecular weight excluding hydrogens is 358 g/mol. The summed E-state index contributed by atoms with van der Waals surface area (Å²) in [5, 5.41) is 2.83. The Hall–Kier alpha value is -2.27. The number of ether oxygens (including phenoxy) is 2. The summed E-state index contributed by atoms with van der Waals surface area (Å²) in [6.07, 6.45) is 3.16. The maximum atomic E-state index is 12.1. The van der Waals surface area contributed by atoms with Gasteiger partial charge in [0.2, 0.25) is 5.91 Å². The monoisotopic (exact) mass is 375 g/mol. The van der Waals surface area contributed by atoms with Gasteiger partial charge in [0, 0.05) is 21.8 Å². The van der Waals surface area contributed by atoms with Gasteiger partial charge in [-0.25, -0.2) is 0 Å². The van der Waals surface area contributed by atoms with Gasteiger partial charge in [-0.15, -0.1) is 0 Å². The van der Waals surface area contributed by atoms with Crippen LogP contribution in [0.2, 0.25) is 0 Å². The second-order valence-electron chi connectivity index (χ2n) is 4.87. The molecule has 0 aliphatic heterocycles. The van der Waals surface area contributed by atoms with E-state index in [1.807, 2.05) is 37.3 Å². The third-order valence-electron chi connectivity index (χ3n) is 3.27. The summed E-state index contributed by atoms with van der Waals surface area (Å²) in [7, 11) is 3.15. The Morgan fingerprint density at radius 2 is 1.96 bits per heavy atom. The lowest BCUT2D eigenvalue weighted by Crippen LogP contribution is -2.07. The Bertz CT molecular complexity index is 741. The molecule has 0 spiro atoms. The number of carbonyl (C=O) groups excluding carboxylic acids is 1. The quantitative estimate of drug-likeness (QED) is 0.786. The van der Waals surface area contributed by atoms with E-state index in [0.717, 1.165) is 21.3 Å². The number of carbonyl (C=O) groups is 1. The van der Waals surface area contributed by atoms with Gasteiger partial charge in [0.25, 0.3) is 0 Å². The van der Waals surface area contributed by atoms with Crippen molar-refractivity contribution in [2.75, 3.05) is 19.5 Å². The van der Waals surface area contributed by atoms with Crippen molar-refractivity contribution < 1.29 is 14.3 Å². The van der Waals surface area contributed by atoms with Crippen molar-refractivity contribution in [3.63, 3.8) is 0 Å². The molecule has 0 aromatic heterocycles. The molecule has 0 aliphatic rings. The largest absolute Gasteiger partial charge is 0.493 e. The highest BCUT2D eigenvalue weighted by molar-refractivity contribution is 9.10. The fraction of sp³-hybridized carbons (Fsp3) is 0.167. The van der Waals surface area contributed by atoms with Gasteiger partial charge >= 0.3 is 0 Å². The van der Waals surface area contributed by atoms with Crippen LogP contribution in [0.3, 0.4) is 0 Å². The molecule has 120 valence electrons. The summed E-state index contributed by atoms with van der Waals surface area (Å²) in [4.78, 5) is 12.1. The Morgan fingerprint density at radius 1 is 1.17 bits per heavy atom. The maximum Gasteiger partial charge on any atom is 0.248 e.